The Balaban J connectivity index is 1.97. The number of rotatable bonds is 6. The minimum absolute atomic E-state index is 0.0560. The van der Waals surface area contributed by atoms with Crippen LogP contribution < -0.4 is 19.6 Å². The molecular weight excluding hydrogens is 423 g/mol. The van der Waals surface area contributed by atoms with Crippen LogP contribution in [0.5, 0.6) is 17.2 Å². The van der Waals surface area contributed by atoms with Gasteiger partial charge in [-0.05, 0) is 30.3 Å². The molecule has 0 fully saturated rings. The molecule has 0 saturated carbocycles. The van der Waals surface area contributed by atoms with Crippen LogP contribution in [0.4, 0.5) is 18.9 Å². The second-order valence-electron chi connectivity index (χ2n) is 6.03. The molecule has 1 heterocycles. The normalized spacial score (nSPS) is 11.7. The molecule has 0 unspecified atom stereocenters. The number of aromatic nitrogens is 1. The number of alkyl halides is 3. The van der Waals surface area contributed by atoms with E-state index in [9.17, 15) is 13.2 Å². The van der Waals surface area contributed by atoms with Crippen molar-refractivity contribution in [3.05, 3.63) is 52.7 Å². The van der Waals surface area contributed by atoms with E-state index in [1.54, 1.807) is 12.1 Å². The first-order valence-corrected chi connectivity index (χ1v) is 8.90. The topological polar surface area (TPSA) is 65.0 Å². The molecule has 0 amide bonds. The number of halogens is 4. The number of nitrogens with one attached hydrogen (secondary N) is 1. The van der Waals surface area contributed by atoms with E-state index in [0.717, 1.165) is 6.07 Å². The van der Waals surface area contributed by atoms with Gasteiger partial charge in [-0.1, -0.05) is 11.6 Å². The fraction of sp³-hybridized carbons (Fsp3) is 0.200. The highest BCUT2D eigenvalue weighted by Gasteiger charge is 2.34. The molecule has 0 atom stereocenters. The molecule has 3 aromatic rings. The summed E-state index contributed by atoms with van der Waals surface area (Å²) in [6.07, 6.45) is -1.86. The van der Waals surface area contributed by atoms with Gasteiger partial charge in [0.1, 0.15) is 0 Å². The number of pyridine rings is 1. The maximum atomic E-state index is 13.3. The molecule has 0 bridgehead atoms. The third-order valence-electron chi connectivity index (χ3n) is 4.20. The number of hydrogen-bond donors (Lipinski definition) is 1. The number of methoxy groups -OCH3 is 3. The Morgan fingerprint density at radius 1 is 1.03 bits per heavy atom. The number of hydrazone groups is 1. The minimum Gasteiger partial charge on any atom is -0.493 e. The van der Waals surface area contributed by atoms with Crippen molar-refractivity contribution in [1.82, 2.24) is 4.98 Å². The van der Waals surface area contributed by atoms with E-state index in [4.69, 9.17) is 25.8 Å². The molecule has 30 heavy (non-hydrogen) atoms. The second kappa shape index (κ2) is 8.66. The zero-order chi connectivity index (χ0) is 21.9. The van der Waals surface area contributed by atoms with E-state index >= 15 is 0 Å². The van der Waals surface area contributed by atoms with Crippen LogP contribution in [0.15, 0.2) is 41.6 Å². The monoisotopic (exact) mass is 439 g/mol. The van der Waals surface area contributed by atoms with Crippen molar-refractivity contribution in [2.24, 2.45) is 5.10 Å². The summed E-state index contributed by atoms with van der Waals surface area (Å²) < 4.78 is 55.8. The lowest BCUT2D eigenvalue weighted by atomic mass is 10.1. The van der Waals surface area contributed by atoms with Crippen LogP contribution in [-0.4, -0.2) is 32.5 Å². The molecule has 0 aliphatic carbocycles. The summed E-state index contributed by atoms with van der Waals surface area (Å²) in [5.74, 6) is 1.31. The van der Waals surface area contributed by atoms with E-state index < -0.39 is 11.7 Å². The van der Waals surface area contributed by atoms with E-state index in [1.807, 2.05) is 0 Å². The zero-order valence-electron chi connectivity index (χ0n) is 16.2. The Bertz CT molecular complexity index is 1080. The maximum Gasteiger partial charge on any atom is 0.418 e. The summed E-state index contributed by atoms with van der Waals surface area (Å²) in [5.41, 5.74) is 2.53. The number of hydrogen-bond acceptors (Lipinski definition) is 6. The first kappa shape index (κ1) is 21.5. The molecule has 0 radical (unpaired) electrons. The van der Waals surface area contributed by atoms with Gasteiger partial charge in [0, 0.05) is 22.2 Å². The van der Waals surface area contributed by atoms with Crippen molar-refractivity contribution >= 4 is 34.4 Å². The standard InChI is InChI=1S/C20H17ClF3N3O3/c1-28-16-6-11(7-17(29-2)19(16)30-3)10-26-27-15-4-5-25-18-13(15)8-12(21)9-14(18)20(22,23)24/h4-10H,1-3H3,(H,25,27)/b26-10+. The van der Waals surface area contributed by atoms with Gasteiger partial charge < -0.3 is 14.2 Å². The average molecular weight is 440 g/mol. The summed E-state index contributed by atoms with van der Waals surface area (Å²) in [6, 6.07) is 7.10. The molecule has 1 aromatic heterocycles. The molecule has 10 heteroatoms. The molecule has 0 spiro atoms. The number of benzene rings is 2. The zero-order valence-corrected chi connectivity index (χ0v) is 16.9. The molecule has 2 aromatic carbocycles. The van der Waals surface area contributed by atoms with Crippen LogP contribution in [0.2, 0.25) is 5.02 Å². The van der Waals surface area contributed by atoms with Crippen molar-refractivity contribution < 1.29 is 27.4 Å². The van der Waals surface area contributed by atoms with Crippen LogP contribution in [0.25, 0.3) is 10.9 Å². The SMILES string of the molecule is COc1cc(/C=N/Nc2ccnc3c(C(F)(F)F)cc(Cl)cc23)cc(OC)c1OC. The smallest absolute Gasteiger partial charge is 0.418 e. The predicted molar refractivity (Wildman–Crippen MR) is 109 cm³/mol. The molecule has 0 aliphatic heterocycles. The molecule has 158 valence electrons. The molecule has 0 saturated heterocycles. The van der Waals surface area contributed by atoms with Crippen LogP contribution in [0.1, 0.15) is 11.1 Å². The fourth-order valence-electron chi connectivity index (χ4n) is 2.89. The van der Waals surface area contributed by atoms with Crippen LogP contribution in [-0.2, 0) is 6.18 Å². The quantitative estimate of drug-likeness (QED) is 0.412. The van der Waals surface area contributed by atoms with Crippen molar-refractivity contribution in [3.63, 3.8) is 0 Å². The van der Waals surface area contributed by atoms with Gasteiger partial charge in [-0.3, -0.25) is 10.4 Å². The Morgan fingerprint density at radius 2 is 1.70 bits per heavy atom. The van der Waals surface area contributed by atoms with Crippen LogP contribution in [0, 0.1) is 0 Å². The third kappa shape index (κ3) is 4.35. The van der Waals surface area contributed by atoms with Crippen LogP contribution >= 0.6 is 11.6 Å². The van der Waals surface area contributed by atoms with Gasteiger partial charge in [-0.15, -0.1) is 0 Å². The summed E-state index contributed by atoms with van der Waals surface area (Å²) in [7, 11) is 4.47. The van der Waals surface area contributed by atoms with Crippen LogP contribution in [0.3, 0.4) is 0 Å². The lowest BCUT2D eigenvalue weighted by Gasteiger charge is -2.13. The summed E-state index contributed by atoms with van der Waals surface area (Å²) in [4.78, 5) is 3.86. The number of ether oxygens (including phenoxy) is 3. The largest absolute Gasteiger partial charge is 0.493 e. The second-order valence-corrected chi connectivity index (χ2v) is 6.47. The highest BCUT2D eigenvalue weighted by molar-refractivity contribution is 6.31. The van der Waals surface area contributed by atoms with Gasteiger partial charge in [0.15, 0.2) is 11.5 Å². The van der Waals surface area contributed by atoms with Crippen molar-refractivity contribution in [1.29, 1.82) is 0 Å². The van der Waals surface area contributed by atoms with Crippen molar-refractivity contribution in [2.75, 3.05) is 26.8 Å². The van der Waals surface area contributed by atoms with Gasteiger partial charge in [0.2, 0.25) is 5.75 Å². The van der Waals surface area contributed by atoms with E-state index in [-0.39, 0.29) is 15.9 Å². The van der Waals surface area contributed by atoms with Crippen molar-refractivity contribution in [3.8, 4) is 17.2 Å². The Hall–Kier alpha value is -3.20. The Morgan fingerprint density at radius 3 is 2.27 bits per heavy atom. The van der Waals surface area contributed by atoms with Crippen molar-refractivity contribution in [2.45, 2.75) is 6.18 Å². The van der Waals surface area contributed by atoms with Gasteiger partial charge in [-0.2, -0.15) is 18.3 Å². The molecule has 1 N–H and O–H groups in total. The maximum absolute atomic E-state index is 13.3. The average Bonchev–Trinajstić information content (AvgIpc) is 2.72. The highest BCUT2D eigenvalue weighted by Crippen LogP contribution is 2.39. The first-order chi connectivity index (χ1) is 14.3. The lowest BCUT2D eigenvalue weighted by Crippen LogP contribution is -2.07. The predicted octanol–water partition coefficient (Wildman–Crippen LogP) is 5.38. The van der Waals surface area contributed by atoms with Gasteiger partial charge in [-0.25, -0.2) is 0 Å². The summed E-state index contributed by atoms with van der Waals surface area (Å²) in [6.45, 7) is 0. The van der Waals surface area contributed by atoms with E-state index in [1.165, 1.54) is 45.9 Å². The molecule has 6 nitrogen and oxygen atoms in total. The first-order valence-electron chi connectivity index (χ1n) is 8.53. The van der Waals surface area contributed by atoms with E-state index in [0.29, 0.717) is 28.5 Å². The number of fused-ring (bicyclic) bond motifs is 1. The molecule has 3 rings (SSSR count). The van der Waals surface area contributed by atoms with Gasteiger partial charge >= 0.3 is 6.18 Å². The highest BCUT2D eigenvalue weighted by atomic mass is 35.5. The molecule has 0 aliphatic rings. The number of nitrogens with zero attached hydrogens (tertiary/aromatic N) is 2. The Kier molecular flexibility index (Phi) is 6.21. The lowest BCUT2D eigenvalue weighted by molar-refractivity contribution is -0.136. The minimum atomic E-state index is -4.59. The van der Waals surface area contributed by atoms with Gasteiger partial charge in [0.05, 0.1) is 44.3 Å². The molecular formula is C20H17ClF3N3O3. The van der Waals surface area contributed by atoms with Gasteiger partial charge in [0.25, 0.3) is 0 Å². The fourth-order valence-corrected chi connectivity index (χ4v) is 3.10. The van der Waals surface area contributed by atoms with E-state index in [2.05, 4.69) is 15.5 Å². The Labute approximate surface area is 175 Å². The number of anilines is 1. The summed E-state index contributed by atoms with van der Waals surface area (Å²) >= 11 is 5.89. The third-order valence-corrected chi connectivity index (χ3v) is 4.42. The summed E-state index contributed by atoms with van der Waals surface area (Å²) in [5, 5.41) is 4.25.